The average Bonchev–Trinajstić information content (AvgIpc) is 3.24. The van der Waals surface area contributed by atoms with E-state index in [1.54, 1.807) is 12.5 Å². The second-order valence-corrected chi connectivity index (χ2v) is 8.01. The number of carbonyl (C=O) groups is 1. The molecule has 3 aromatic rings. The highest BCUT2D eigenvalue weighted by atomic mass is 16.5. The standard InChI is InChI=1S/C25H28N6O3/c1-16-11-19(7-9-22(16)34-20-8-6-17(2)27-13-20)31-25-24-21(28-15-29-25)12-18(30-24)5-4-10-26-23(32)14-33-3/h4-9,11,13,15,18,30H,10,12,14H2,1-3H3,(H,26,32)(H,28,29,31)/b5-4+. The summed E-state index contributed by atoms with van der Waals surface area (Å²) in [4.78, 5) is 24.6. The lowest BCUT2D eigenvalue weighted by molar-refractivity contribution is -0.124. The first-order valence-electron chi connectivity index (χ1n) is 11.0. The van der Waals surface area contributed by atoms with Gasteiger partial charge in [0, 0.05) is 31.5 Å². The van der Waals surface area contributed by atoms with E-state index in [1.165, 1.54) is 7.11 Å². The van der Waals surface area contributed by atoms with Crippen molar-refractivity contribution in [1.29, 1.82) is 0 Å². The van der Waals surface area contributed by atoms with E-state index in [0.29, 0.717) is 18.1 Å². The molecule has 34 heavy (non-hydrogen) atoms. The van der Waals surface area contributed by atoms with E-state index in [2.05, 4.69) is 30.9 Å². The number of aromatic nitrogens is 3. The Morgan fingerprint density at radius 2 is 2.09 bits per heavy atom. The molecule has 1 amide bonds. The molecule has 0 aliphatic carbocycles. The summed E-state index contributed by atoms with van der Waals surface area (Å²) in [5.74, 6) is 2.04. The largest absolute Gasteiger partial charge is 0.455 e. The molecule has 176 valence electrons. The highest BCUT2D eigenvalue weighted by molar-refractivity contribution is 5.77. The normalized spacial score (nSPS) is 14.5. The molecule has 3 N–H and O–H groups in total. The molecule has 0 spiro atoms. The summed E-state index contributed by atoms with van der Waals surface area (Å²) >= 11 is 0. The lowest BCUT2D eigenvalue weighted by atomic mass is 10.2. The summed E-state index contributed by atoms with van der Waals surface area (Å²) in [5.41, 5.74) is 4.65. The number of hydrogen-bond donors (Lipinski definition) is 3. The molecule has 0 radical (unpaired) electrons. The Balaban J connectivity index is 1.39. The minimum atomic E-state index is -0.144. The van der Waals surface area contributed by atoms with Gasteiger partial charge in [0.05, 0.1) is 23.6 Å². The number of aryl methyl sites for hydroxylation is 2. The first kappa shape index (κ1) is 23.2. The number of hydrogen-bond acceptors (Lipinski definition) is 8. The number of anilines is 3. The number of benzene rings is 1. The summed E-state index contributed by atoms with van der Waals surface area (Å²) < 4.78 is 10.8. The van der Waals surface area contributed by atoms with Crippen molar-refractivity contribution >= 4 is 23.1 Å². The number of nitrogens with one attached hydrogen (secondary N) is 3. The molecule has 1 aliphatic heterocycles. The molecule has 0 saturated heterocycles. The number of carbonyl (C=O) groups excluding carboxylic acids is 1. The quantitative estimate of drug-likeness (QED) is 0.415. The minimum Gasteiger partial charge on any atom is -0.455 e. The van der Waals surface area contributed by atoms with Gasteiger partial charge in [0.1, 0.15) is 24.4 Å². The third kappa shape index (κ3) is 5.87. The fourth-order valence-corrected chi connectivity index (χ4v) is 3.59. The van der Waals surface area contributed by atoms with Crippen LogP contribution >= 0.6 is 0 Å². The van der Waals surface area contributed by atoms with Crippen LogP contribution in [0.4, 0.5) is 17.2 Å². The maximum absolute atomic E-state index is 11.5. The zero-order chi connectivity index (χ0) is 23.9. The summed E-state index contributed by atoms with van der Waals surface area (Å²) in [6.07, 6.45) is 7.97. The molecule has 1 atom stereocenters. The predicted molar refractivity (Wildman–Crippen MR) is 131 cm³/mol. The lowest BCUT2D eigenvalue weighted by Crippen LogP contribution is -2.27. The van der Waals surface area contributed by atoms with Gasteiger partial charge in [-0.2, -0.15) is 0 Å². The van der Waals surface area contributed by atoms with Crippen LogP contribution in [0.2, 0.25) is 0 Å². The minimum absolute atomic E-state index is 0.0569. The molecular formula is C25H28N6O3. The topological polar surface area (TPSA) is 110 Å². The van der Waals surface area contributed by atoms with Crippen molar-refractivity contribution in [1.82, 2.24) is 20.3 Å². The van der Waals surface area contributed by atoms with Crippen molar-refractivity contribution in [2.75, 3.05) is 30.9 Å². The molecule has 9 heteroatoms. The number of ether oxygens (including phenoxy) is 2. The van der Waals surface area contributed by atoms with E-state index in [4.69, 9.17) is 9.47 Å². The summed E-state index contributed by atoms with van der Waals surface area (Å²) in [7, 11) is 1.49. The number of fused-ring (bicyclic) bond motifs is 1. The summed E-state index contributed by atoms with van der Waals surface area (Å²) in [6, 6.07) is 9.79. The van der Waals surface area contributed by atoms with Crippen molar-refractivity contribution in [3.8, 4) is 11.5 Å². The Kier molecular flexibility index (Phi) is 7.34. The predicted octanol–water partition coefficient (Wildman–Crippen LogP) is 3.68. The van der Waals surface area contributed by atoms with Gasteiger partial charge in [0.2, 0.25) is 5.91 Å². The SMILES string of the molecule is COCC(=O)NC/C=C/C1Cc2ncnc(Nc3ccc(Oc4ccc(C)nc4)c(C)c3)c2N1. The van der Waals surface area contributed by atoms with Gasteiger partial charge in [-0.3, -0.25) is 9.78 Å². The lowest BCUT2D eigenvalue weighted by Gasteiger charge is -2.13. The smallest absolute Gasteiger partial charge is 0.246 e. The number of rotatable bonds is 9. The fraction of sp³-hybridized carbons (Fsp3) is 0.280. The summed E-state index contributed by atoms with van der Waals surface area (Å²) in [5, 5.41) is 9.61. The van der Waals surface area contributed by atoms with Crippen molar-refractivity contribution in [3.63, 3.8) is 0 Å². The van der Waals surface area contributed by atoms with Gasteiger partial charge in [0.25, 0.3) is 0 Å². The van der Waals surface area contributed by atoms with Crippen molar-refractivity contribution in [2.45, 2.75) is 26.3 Å². The van der Waals surface area contributed by atoms with E-state index in [9.17, 15) is 4.79 Å². The molecule has 2 aromatic heterocycles. The molecule has 3 heterocycles. The Labute approximate surface area is 198 Å². The van der Waals surface area contributed by atoms with Gasteiger partial charge in [-0.05, 0) is 49.7 Å². The molecule has 4 rings (SSSR count). The molecule has 0 saturated carbocycles. The maximum Gasteiger partial charge on any atom is 0.246 e. The number of amides is 1. The van der Waals surface area contributed by atoms with E-state index in [0.717, 1.165) is 40.5 Å². The molecule has 1 aromatic carbocycles. The van der Waals surface area contributed by atoms with Gasteiger partial charge >= 0.3 is 0 Å². The van der Waals surface area contributed by atoms with Crippen LogP contribution in [-0.2, 0) is 16.0 Å². The second-order valence-electron chi connectivity index (χ2n) is 8.01. The average molecular weight is 461 g/mol. The van der Waals surface area contributed by atoms with Crippen molar-refractivity contribution in [2.24, 2.45) is 0 Å². The third-order valence-corrected chi connectivity index (χ3v) is 5.28. The highest BCUT2D eigenvalue weighted by Gasteiger charge is 2.23. The van der Waals surface area contributed by atoms with Crippen LogP contribution < -0.4 is 20.7 Å². The van der Waals surface area contributed by atoms with Crippen LogP contribution in [0.1, 0.15) is 17.0 Å². The number of nitrogens with zero attached hydrogens (tertiary/aromatic N) is 3. The third-order valence-electron chi connectivity index (χ3n) is 5.28. The Morgan fingerprint density at radius 1 is 1.21 bits per heavy atom. The maximum atomic E-state index is 11.5. The zero-order valence-electron chi connectivity index (χ0n) is 19.5. The first-order valence-corrected chi connectivity index (χ1v) is 11.0. The van der Waals surface area contributed by atoms with Crippen LogP contribution in [0, 0.1) is 13.8 Å². The van der Waals surface area contributed by atoms with Gasteiger partial charge in [-0.1, -0.05) is 12.2 Å². The molecule has 1 unspecified atom stereocenters. The van der Waals surface area contributed by atoms with Crippen molar-refractivity contribution < 1.29 is 14.3 Å². The van der Waals surface area contributed by atoms with Crippen molar-refractivity contribution in [3.05, 3.63) is 72.0 Å². The number of pyridine rings is 1. The van der Waals surface area contributed by atoms with E-state index in [1.807, 2.05) is 56.3 Å². The van der Waals surface area contributed by atoms with Crippen LogP contribution in [0.25, 0.3) is 0 Å². The van der Waals surface area contributed by atoms with Crippen LogP contribution in [-0.4, -0.2) is 47.2 Å². The number of methoxy groups -OCH3 is 1. The first-order chi connectivity index (χ1) is 16.5. The van der Waals surface area contributed by atoms with Crippen LogP contribution in [0.15, 0.2) is 55.0 Å². The van der Waals surface area contributed by atoms with Crippen LogP contribution in [0.5, 0.6) is 11.5 Å². The molecular weight excluding hydrogens is 432 g/mol. The highest BCUT2D eigenvalue weighted by Crippen LogP contribution is 2.33. The van der Waals surface area contributed by atoms with Gasteiger partial charge < -0.3 is 25.4 Å². The van der Waals surface area contributed by atoms with Gasteiger partial charge in [-0.15, -0.1) is 0 Å². The van der Waals surface area contributed by atoms with E-state index < -0.39 is 0 Å². The monoisotopic (exact) mass is 460 g/mol. The molecule has 0 fully saturated rings. The zero-order valence-corrected chi connectivity index (χ0v) is 19.5. The Bertz CT molecular complexity index is 1180. The van der Waals surface area contributed by atoms with Gasteiger partial charge in [0.15, 0.2) is 5.82 Å². The Hall–Kier alpha value is -3.98. The molecule has 9 nitrogen and oxygen atoms in total. The van der Waals surface area contributed by atoms with E-state index in [-0.39, 0.29) is 18.6 Å². The molecule has 0 bridgehead atoms. The Morgan fingerprint density at radius 3 is 2.85 bits per heavy atom. The molecule has 1 aliphatic rings. The van der Waals surface area contributed by atoms with E-state index >= 15 is 0 Å². The van der Waals surface area contributed by atoms with Crippen LogP contribution in [0.3, 0.4) is 0 Å². The summed E-state index contributed by atoms with van der Waals surface area (Å²) in [6.45, 7) is 4.44. The second kappa shape index (κ2) is 10.8. The van der Waals surface area contributed by atoms with Gasteiger partial charge in [-0.25, -0.2) is 9.97 Å². The fourth-order valence-electron chi connectivity index (χ4n) is 3.59.